The summed E-state index contributed by atoms with van der Waals surface area (Å²) in [4.78, 5) is 11.8. The Labute approximate surface area is 142 Å². The Hall–Kier alpha value is -1.38. The van der Waals surface area contributed by atoms with E-state index in [4.69, 9.17) is 11.6 Å². The highest BCUT2D eigenvalue weighted by Gasteiger charge is 2.10. The zero-order chi connectivity index (χ0) is 15.9. The smallest absolute Gasteiger partial charge is 0.319 e. The molecule has 0 spiro atoms. The molecular formula is C13H16ClN5OS2. The van der Waals surface area contributed by atoms with Crippen LogP contribution in [0.25, 0.3) is 0 Å². The van der Waals surface area contributed by atoms with E-state index in [1.54, 1.807) is 24.3 Å². The molecule has 9 heteroatoms. The quantitative estimate of drug-likeness (QED) is 0.777. The maximum Gasteiger partial charge on any atom is 0.319 e. The van der Waals surface area contributed by atoms with Crippen molar-refractivity contribution in [2.45, 2.75) is 16.9 Å². The van der Waals surface area contributed by atoms with Gasteiger partial charge in [0.15, 0.2) is 10.3 Å². The minimum absolute atomic E-state index is 0.272. The van der Waals surface area contributed by atoms with Crippen molar-refractivity contribution in [2.24, 2.45) is 0 Å². The molecule has 0 fully saturated rings. The molecule has 1 heterocycles. The number of carbonyl (C=O) groups excluding carboxylic acids is 1. The molecule has 118 valence electrons. The van der Waals surface area contributed by atoms with Gasteiger partial charge in [0.2, 0.25) is 0 Å². The van der Waals surface area contributed by atoms with Crippen LogP contribution in [0.1, 0.15) is 0 Å². The van der Waals surface area contributed by atoms with Crippen molar-refractivity contribution < 1.29 is 4.79 Å². The molecule has 0 unspecified atom stereocenters. The second kappa shape index (κ2) is 8.30. The molecular weight excluding hydrogens is 342 g/mol. The Kier molecular flexibility index (Phi) is 6.41. The van der Waals surface area contributed by atoms with Crippen molar-refractivity contribution >= 4 is 46.8 Å². The molecule has 2 aromatic rings. The SMILES string of the molecule is CSc1nnc(SC)n1CCNC(=O)Nc1cccc(Cl)c1. The van der Waals surface area contributed by atoms with Crippen molar-refractivity contribution in [1.82, 2.24) is 20.1 Å². The highest BCUT2D eigenvalue weighted by Crippen LogP contribution is 2.19. The third-order valence-electron chi connectivity index (χ3n) is 2.75. The molecule has 1 aromatic carbocycles. The van der Waals surface area contributed by atoms with E-state index >= 15 is 0 Å². The van der Waals surface area contributed by atoms with Crippen LogP contribution in [0.15, 0.2) is 34.6 Å². The summed E-state index contributed by atoms with van der Waals surface area (Å²) < 4.78 is 1.98. The molecule has 0 saturated heterocycles. The minimum atomic E-state index is -0.272. The van der Waals surface area contributed by atoms with Crippen LogP contribution in [-0.4, -0.2) is 39.9 Å². The van der Waals surface area contributed by atoms with Crippen LogP contribution in [-0.2, 0) is 6.54 Å². The van der Waals surface area contributed by atoms with E-state index in [1.807, 2.05) is 17.1 Å². The number of anilines is 1. The number of amides is 2. The summed E-state index contributed by atoms with van der Waals surface area (Å²) in [5, 5.41) is 16.0. The van der Waals surface area contributed by atoms with E-state index in [-0.39, 0.29) is 6.03 Å². The van der Waals surface area contributed by atoms with E-state index in [2.05, 4.69) is 20.8 Å². The Bertz CT molecular complexity index is 628. The number of nitrogens with one attached hydrogen (secondary N) is 2. The van der Waals surface area contributed by atoms with Crippen LogP contribution in [0.3, 0.4) is 0 Å². The van der Waals surface area contributed by atoms with Gasteiger partial charge in [-0.3, -0.25) is 4.57 Å². The van der Waals surface area contributed by atoms with Gasteiger partial charge < -0.3 is 10.6 Å². The first kappa shape index (κ1) is 17.0. The Morgan fingerprint density at radius 1 is 1.27 bits per heavy atom. The molecule has 6 nitrogen and oxygen atoms in total. The molecule has 0 aliphatic carbocycles. The van der Waals surface area contributed by atoms with Gasteiger partial charge in [0, 0.05) is 23.8 Å². The maximum atomic E-state index is 11.8. The van der Waals surface area contributed by atoms with Crippen LogP contribution >= 0.6 is 35.1 Å². The summed E-state index contributed by atoms with van der Waals surface area (Å²) in [6.45, 7) is 1.09. The fourth-order valence-corrected chi connectivity index (χ4v) is 3.08. The first-order chi connectivity index (χ1) is 10.6. The lowest BCUT2D eigenvalue weighted by molar-refractivity contribution is 0.251. The molecule has 2 N–H and O–H groups in total. The molecule has 0 radical (unpaired) electrons. The number of hydrogen-bond acceptors (Lipinski definition) is 5. The monoisotopic (exact) mass is 357 g/mol. The first-order valence-electron chi connectivity index (χ1n) is 6.45. The fraction of sp³-hybridized carbons (Fsp3) is 0.308. The van der Waals surface area contributed by atoms with Crippen LogP contribution < -0.4 is 10.6 Å². The molecule has 0 saturated carbocycles. The van der Waals surface area contributed by atoms with Crippen molar-refractivity contribution in [3.05, 3.63) is 29.3 Å². The molecule has 22 heavy (non-hydrogen) atoms. The largest absolute Gasteiger partial charge is 0.336 e. The summed E-state index contributed by atoms with van der Waals surface area (Å²) in [5.74, 6) is 0. The highest BCUT2D eigenvalue weighted by atomic mass is 35.5. The lowest BCUT2D eigenvalue weighted by atomic mass is 10.3. The number of halogens is 1. The number of aromatic nitrogens is 3. The normalized spacial score (nSPS) is 10.5. The second-order valence-corrected chi connectivity index (χ2v) is 6.20. The third kappa shape index (κ3) is 4.56. The van der Waals surface area contributed by atoms with E-state index < -0.39 is 0 Å². The summed E-state index contributed by atoms with van der Waals surface area (Å²) in [5.41, 5.74) is 0.656. The van der Waals surface area contributed by atoms with Crippen molar-refractivity contribution in [3.63, 3.8) is 0 Å². The molecule has 2 amide bonds. The lowest BCUT2D eigenvalue weighted by Crippen LogP contribution is -2.31. The van der Waals surface area contributed by atoms with Crippen LogP contribution in [0.5, 0.6) is 0 Å². The number of rotatable bonds is 6. The zero-order valence-electron chi connectivity index (χ0n) is 12.2. The van der Waals surface area contributed by atoms with Gasteiger partial charge in [-0.2, -0.15) is 0 Å². The van der Waals surface area contributed by atoms with Gasteiger partial charge in [0.25, 0.3) is 0 Å². The van der Waals surface area contributed by atoms with Gasteiger partial charge in [-0.25, -0.2) is 4.79 Å². The van der Waals surface area contributed by atoms with Gasteiger partial charge in [0.1, 0.15) is 0 Å². The van der Waals surface area contributed by atoms with Crippen molar-refractivity contribution in [1.29, 1.82) is 0 Å². The molecule has 1 aromatic heterocycles. The van der Waals surface area contributed by atoms with Crippen molar-refractivity contribution in [2.75, 3.05) is 24.4 Å². The second-order valence-electron chi connectivity index (χ2n) is 4.22. The maximum absolute atomic E-state index is 11.8. The molecule has 0 bridgehead atoms. The van der Waals surface area contributed by atoms with E-state index in [1.165, 1.54) is 23.5 Å². The fourth-order valence-electron chi connectivity index (χ4n) is 1.79. The minimum Gasteiger partial charge on any atom is -0.336 e. The number of hydrogen-bond donors (Lipinski definition) is 2. The summed E-state index contributed by atoms with van der Waals surface area (Å²) in [7, 11) is 0. The van der Waals surface area contributed by atoms with Crippen LogP contribution in [0, 0.1) is 0 Å². The lowest BCUT2D eigenvalue weighted by Gasteiger charge is -2.10. The van der Waals surface area contributed by atoms with Gasteiger partial charge in [-0.05, 0) is 30.7 Å². The average Bonchev–Trinajstić information content (AvgIpc) is 2.89. The van der Waals surface area contributed by atoms with E-state index in [0.717, 1.165) is 10.3 Å². The first-order valence-corrected chi connectivity index (χ1v) is 9.28. The number of benzene rings is 1. The van der Waals surface area contributed by atoms with E-state index in [0.29, 0.717) is 23.8 Å². The van der Waals surface area contributed by atoms with Crippen molar-refractivity contribution in [3.8, 4) is 0 Å². The number of thioether (sulfide) groups is 2. The number of carbonyl (C=O) groups is 1. The molecule has 0 atom stereocenters. The third-order valence-corrected chi connectivity index (χ3v) is 4.32. The van der Waals surface area contributed by atoms with Gasteiger partial charge in [-0.15, -0.1) is 10.2 Å². The Morgan fingerprint density at radius 3 is 2.55 bits per heavy atom. The predicted octanol–water partition coefficient (Wildman–Crippen LogP) is 3.20. The van der Waals surface area contributed by atoms with E-state index in [9.17, 15) is 4.79 Å². The highest BCUT2D eigenvalue weighted by molar-refractivity contribution is 7.99. The van der Waals surface area contributed by atoms with Gasteiger partial charge >= 0.3 is 6.03 Å². The summed E-state index contributed by atoms with van der Waals surface area (Å²) in [6, 6.07) is 6.74. The van der Waals surface area contributed by atoms with Gasteiger partial charge in [-0.1, -0.05) is 41.2 Å². The summed E-state index contributed by atoms with van der Waals surface area (Å²) >= 11 is 8.93. The molecule has 0 aliphatic heterocycles. The molecule has 0 aliphatic rings. The number of nitrogens with zero attached hydrogens (tertiary/aromatic N) is 3. The molecule has 2 rings (SSSR count). The summed E-state index contributed by atoms with van der Waals surface area (Å²) in [6.07, 6.45) is 3.90. The predicted molar refractivity (Wildman–Crippen MR) is 92.1 cm³/mol. The Balaban J connectivity index is 1.86. The number of urea groups is 1. The van der Waals surface area contributed by atoms with Gasteiger partial charge in [0.05, 0.1) is 0 Å². The Morgan fingerprint density at radius 2 is 1.95 bits per heavy atom. The van der Waals surface area contributed by atoms with Crippen LogP contribution in [0.4, 0.5) is 10.5 Å². The standard InChI is InChI=1S/C13H16ClN5OS2/c1-21-12-17-18-13(22-2)19(12)7-6-15-11(20)16-10-5-3-4-9(14)8-10/h3-5,8H,6-7H2,1-2H3,(H2,15,16,20). The zero-order valence-corrected chi connectivity index (χ0v) is 14.6. The topological polar surface area (TPSA) is 71.8 Å². The average molecular weight is 358 g/mol. The van der Waals surface area contributed by atoms with Crippen LogP contribution in [0.2, 0.25) is 5.02 Å².